The van der Waals surface area contributed by atoms with Crippen molar-refractivity contribution in [2.45, 2.75) is 63.7 Å². The number of benzene rings is 3. The van der Waals surface area contributed by atoms with Crippen LogP contribution >= 0.6 is 27.5 Å². The predicted octanol–water partition coefficient (Wildman–Crippen LogP) is 7.37. The van der Waals surface area contributed by atoms with Gasteiger partial charge in [0.05, 0.1) is 11.1 Å². The fourth-order valence-electron chi connectivity index (χ4n) is 4.96. The molecule has 2 nitrogen and oxygen atoms in total. The van der Waals surface area contributed by atoms with Gasteiger partial charge in [0, 0.05) is 10.6 Å². The zero-order valence-corrected chi connectivity index (χ0v) is 22.9. The Bertz CT molecular complexity index is 1000. The van der Waals surface area contributed by atoms with Crippen LogP contribution in [-0.4, -0.2) is 20.5 Å². The van der Waals surface area contributed by atoms with E-state index in [2.05, 4.69) is 97.4 Å². The van der Waals surface area contributed by atoms with Gasteiger partial charge < -0.3 is 9.16 Å². The molecule has 0 amide bonds. The van der Waals surface area contributed by atoms with Crippen molar-refractivity contribution in [1.82, 2.24) is 0 Å². The lowest BCUT2D eigenvalue weighted by Gasteiger charge is -2.46. The maximum absolute atomic E-state index is 7.31. The molecule has 0 unspecified atom stereocenters. The van der Waals surface area contributed by atoms with Crippen LogP contribution in [0, 0.1) is 0 Å². The van der Waals surface area contributed by atoms with Gasteiger partial charge in [-0.15, -0.1) is 0 Å². The minimum atomic E-state index is -2.52. The second-order valence-electron chi connectivity index (χ2n) is 9.87. The number of halogens is 2. The molecule has 0 N–H and O–H groups in total. The molecule has 1 fully saturated rings. The van der Waals surface area contributed by atoms with Gasteiger partial charge in [-0.05, 0) is 59.3 Å². The Hall–Kier alpha value is -1.59. The van der Waals surface area contributed by atoms with E-state index in [0.29, 0.717) is 5.02 Å². The van der Waals surface area contributed by atoms with Crippen LogP contribution in [0.2, 0.25) is 10.1 Å². The third-order valence-electron chi connectivity index (χ3n) is 6.57. The first-order valence-electron chi connectivity index (χ1n) is 11.7. The van der Waals surface area contributed by atoms with E-state index in [-0.39, 0.29) is 17.2 Å². The van der Waals surface area contributed by atoms with Crippen LogP contribution in [0.4, 0.5) is 0 Å². The van der Waals surface area contributed by atoms with Gasteiger partial charge in [0.25, 0.3) is 8.32 Å². The maximum atomic E-state index is 7.31. The van der Waals surface area contributed by atoms with Gasteiger partial charge in [0.2, 0.25) is 0 Å². The monoisotopic (exact) mass is 542 g/mol. The first kappa shape index (κ1) is 24.5. The normalized spacial score (nSPS) is 19.3. The molecule has 5 heteroatoms. The standard InChI is InChI=1S/C28H32BrClO2Si/c1-28(2,3)33(24-10-6-4-7-11-24,25-12-8-5-9-13-25)32-23-17-15-22(16-18-23)31-27-20-21(29)14-19-26(27)30/h4-14,19-20,22-23H,15-18H2,1-3H3/t22-,23+. The number of hydrogen-bond donors (Lipinski definition) is 0. The average Bonchev–Trinajstić information content (AvgIpc) is 2.81. The van der Waals surface area contributed by atoms with Crippen molar-refractivity contribution in [3.63, 3.8) is 0 Å². The van der Waals surface area contributed by atoms with E-state index in [9.17, 15) is 0 Å². The predicted molar refractivity (Wildman–Crippen MR) is 145 cm³/mol. The smallest absolute Gasteiger partial charge is 0.261 e. The molecule has 0 saturated heterocycles. The molecule has 33 heavy (non-hydrogen) atoms. The molecule has 0 heterocycles. The Morgan fingerprint density at radius 2 is 1.30 bits per heavy atom. The van der Waals surface area contributed by atoms with E-state index in [0.717, 1.165) is 35.9 Å². The summed E-state index contributed by atoms with van der Waals surface area (Å²) in [4.78, 5) is 0. The highest BCUT2D eigenvalue weighted by Crippen LogP contribution is 2.40. The van der Waals surface area contributed by atoms with Gasteiger partial charge in [-0.2, -0.15) is 0 Å². The summed E-state index contributed by atoms with van der Waals surface area (Å²) in [7, 11) is -2.52. The summed E-state index contributed by atoms with van der Waals surface area (Å²) in [6.07, 6.45) is 4.28. The molecule has 4 rings (SSSR count). The minimum Gasteiger partial charge on any atom is -0.489 e. The summed E-state index contributed by atoms with van der Waals surface area (Å²) < 4.78 is 14.6. The third kappa shape index (κ3) is 5.40. The summed E-state index contributed by atoms with van der Waals surface area (Å²) in [6.45, 7) is 7.01. The van der Waals surface area contributed by atoms with E-state index in [1.54, 1.807) is 0 Å². The molecule has 0 aromatic heterocycles. The second-order valence-corrected chi connectivity index (χ2v) is 15.4. The van der Waals surface area contributed by atoms with Gasteiger partial charge in [-0.25, -0.2) is 0 Å². The van der Waals surface area contributed by atoms with Crippen LogP contribution in [0.1, 0.15) is 46.5 Å². The van der Waals surface area contributed by atoms with Crippen LogP contribution in [0.25, 0.3) is 0 Å². The molecule has 174 valence electrons. The summed E-state index contributed by atoms with van der Waals surface area (Å²) in [5, 5.41) is 3.32. The molecule has 0 radical (unpaired) electrons. The summed E-state index contributed by atoms with van der Waals surface area (Å²) in [5.41, 5.74) is 0. The SMILES string of the molecule is CC(C)(C)[Si](O[C@H]1CC[C@@H](Oc2cc(Br)ccc2Cl)CC1)(c1ccccc1)c1ccccc1. The van der Waals surface area contributed by atoms with Crippen LogP contribution in [-0.2, 0) is 4.43 Å². The Balaban J connectivity index is 1.56. The molecule has 0 atom stereocenters. The Morgan fingerprint density at radius 3 is 1.82 bits per heavy atom. The number of rotatable bonds is 6. The molecule has 0 spiro atoms. The fraction of sp³-hybridized carbons (Fsp3) is 0.357. The van der Waals surface area contributed by atoms with Crippen LogP contribution in [0.5, 0.6) is 5.75 Å². The van der Waals surface area contributed by atoms with Gasteiger partial charge in [-0.1, -0.05) is 109 Å². The Kier molecular flexibility index (Phi) is 7.69. The Labute approximate surface area is 212 Å². The summed E-state index contributed by atoms with van der Waals surface area (Å²) in [6, 6.07) is 27.5. The van der Waals surface area contributed by atoms with E-state index in [1.807, 2.05) is 18.2 Å². The fourth-order valence-corrected chi connectivity index (χ4v) is 10.2. The van der Waals surface area contributed by atoms with Gasteiger partial charge in [0.15, 0.2) is 0 Å². The summed E-state index contributed by atoms with van der Waals surface area (Å²) >= 11 is 9.86. The van der Waals surface area contributed by atoms with Crippen LogP contribution in [0.15, 0.2) is 83.3 Å². The van der Waals surface area contributed by atoms with Crippen molar-refractivity contribution in [3.8, 4) is 5.75 Å². The van der Waals surface area contributed by atoms with Crippen LogP contribution in [0.3, 0.4) is 0 Å². The second kappa shape index (κ2) is 10.3. The molecule has 0 aliphatic heterocycles. The van der Waals surface area contributed by atoms with Gasteiger partial charge in [0.1, 0.15) is 5.75 Å². The van der Waals surface area contributed by atoms with E-state index in [4.69, 9.17) is 20.8 Å². The molecule has 3 aromatic carbocycles. The first-order valence-corrected chi connectivity index (χ1v) is 14.8. The summed E-state index contributed by atoms with van der Waals surface area (Å²) in [5.74, 6) is 0.752. The zero-order chi connectivity index (χ0) is 23.5. The van der Waals surface area contributed by atoms with E-state index in [1.165, 1.54) is 10.4 Å². The number of hydrogen-bond acceptors (Lipinski definition) is 2. The molecule has 0 bridgehead atoms. The van der Waals surface area contributed by atoms with E-state index < -0.39 is 8.32 Å². The lowest BCUT2D eigenvalue weighted by atomic mass is 9.95. The van der Waals surface area contributed by atoms with Crippen molar-refractivity contribution >= 4 is 46.2 Å². The first-order chi connectivity index (χ1) is 15.8. The molecule has 1 saturated carbocycles. The molecular weight excluding hydrogens is 512 g/mol. The quantitative estimate of drug-likeness (QED) is 0.302. The average molecular weight is 544 g/mol. The molecule has 1 aliphatic carbocycles. The highest BCUT2D eigenvalue weighted by Gasteiger charge is 2.51. The highest BCUT2D eigenvalue weighted by molar-refractivity contribution is 9.10. The zero-order valence-electron chi connectivity index (χ0n) is 19.6. The van der Waals surface area contributed by atoms with Gasteiger partial charge in [-0.3, -0.25) is 0 Å². The lowest BCUT2D eigenvalue weighted by Crippen LogP contribution is -2.67. The number of ether oxygens (including phenoxy) is 1. The maximum Gasteiger partial charge on any atom is 0.261 e. The Morgan fingerprint density at radius 1 is 0.788 bits per heavy atom. The van der Waals surface area contributed by atoms with Gasteiger partial charge >= 0.3 is 0 Å². The van der Waals surface area contributed by atoms with Crippen molar-refractivity contribution in [1.29, 1.82) is 0 Å². The molecule has 1 aliphatic rings. The largest absolute Gasteiger partial charge is 0.489 e. The van der Waals surface area contributed by atoms with Crippen molar-refractivity contribution in [2.75, 3.05) is 0 Å². The topological polar surface area (TPSA) is 18.5 Å². The minimum absolute atomic E-state index is 0.00705. The lowest BCUT2D eigenvalue weighted by molar-refractivity contribution is 0.0751. The molecule has 3 aromatic rings. The van der Waals surface area contributed by atoms with Crippen molar-refractivity contribution in [3.05, 3.63) is 88.4 Å². The van der Waals surface area contributed by atoms with E-state index >= 15 is 0 Å². The third-order valence-corrected chi connectivity index (χ3v) is 12.5. The van der Waals surface area contributed by atoms with Crippen LogP contribution < -0.4 is 15.1 Å². The van der Waals surface area contributed by atoms with Crippen molar-refractivity contribution < 1.29 is 9.16 Å². The van der Waals surface area contributed by atoms with Crippen molar-refractivity contribution in [2.24, 2.45) is 0 Å². The highest BCUT2D eigenvalue weighted by atomic mass is 79.9. The molecular formula is C28H32BrClO2Si.